The molecule has 0 atom stereocenters. The van der Waals surface area contributed by atoms with Gasteiger partial charge in [-0.25, -0.2) is 4.68 Å². The predicted octanol–water partition coefficient (Wildman–Crippen LogP) is 0.289. The van der Waals surface area contributed by atoms with Crippen LogP contribution in [0.1, 0.15) is 25.6 Å². The summed E-state index contributed by atoms with van der Waals surface area (Å²) >= 11 is 0. The fraction of sp³-hybridized carbons (Fsp3) is 0.875. The largest absolute Gasteiger partial charge is 0.296 e. The second-order valence-corrected chi connectivity index (χ2v) is 3.39. The number of rotatable bonds is 3. The summed E-state index contributed by atoms with van der Waals surface area (Å²) in [5.41, 5.74) is 0. The monoisotopic (exact) mass is 181 g/mol. The molecule has 5 nitrogen and oxygen atoms in total. The maximum atomic E-state index is 4.01. The van der Waals surface area contributed by atoms with Gasteiger partial charge in [-0.15, -0.1) is 5.10 Å². The van der Waals surface area contributed by atoms with Crippen LogP contribution in [-0.4, -0.2) is 38.2 Å². The Morgan fingerprint density at radius 2 is 2.08 bits per heavy atom. The molecule has 2 heterocycles. The zero-order chi connectivity index (χ0) is 9.10. The number of hydrogen-bond acceptors (Lipinski definition) is 4. The molecule has 0 radical (unpaired) electrons. The molecule has 0 spiro atoms. The lowest BCUT2D eigenvalue weighted by molar-refractivity contribution is 0.314. The molecule has 1 aromatic heterocycles. The number of nitrogens with zero attached hydrogens (tertiary/aromatic N) is 5. The molecule has 0 N–H and O–H groups in total. The Morgan fingerprint density at radius 1 is 1.31 bits per heavy atom. The fourth-order valence-corrected chi connectivity index (χ4v) is 1.72. The van der Waals surface area contributed by atoms with Crippen molar-refractivity contribution in [2.75, 3.05) is 13.1 Å². The highest BCUT2D eigenvalue weighted by molar-refractivity contribution is 4.82. The van der Waals surface area contributed by atoms with Gasteiger partial charge in [0.05, 0.1) is 6.54 Å². The minimum absolute atomic E-state index is 0.857. The van der Waals surface area contributed by atoms with E-state index in [2.05, 4.69) is 27.3 Å². The minimum atomic E-state index is 0.857. The normalized spacial score (nSPS) is 18.2. The van der Waals surface area contributed by atoms with Crippen molar-refractivity contribution in [1.29, 1.82) is 0 Å². The second-order valence-electron chi connectivity index (χ2n) is 3.39. The first-order chi connectivity index (χ1) is 6.40. The lowest BCUT2D eigenvalue weighted by Crippen LogP contribution is -2.21. The van der Waals surface area contributed by atoms with Crippen LogP contribution in [0.3, 0.4) is 0 Å². The van der Waals surface area contributed by atoms with Gasteiger partial charge in [-0.05, 0) is 43.3 Å². The van der Waals surface area contributed by atoms with Crippen molar-refractivity contribution in [3.8, 4) is 0 Å². The van der Waals surface area contributed by atoms with Crippen molar-refractivity contribution in [2.45, 2.75) is 32.9 Å². The maximum Gasteiger partial charge on any atom is 0.165 e. The molecular formula is C8H15N5. The van der Waals surface area contributed by atoms with Gasteiger partial charge in [-0.2, -0.15) is 0 Å². The van der Waals surface area contributed by atoms with E-state index in [1.54, 1.807) is 0 Å². The van der Waals surface area contributed by atoms with Crippen LogP contribution in [0.4, 0.5) is 0 Å². The lowest BCUT2D eigenvalue weighted by atomic mass is 10.4. The van der Waals surface area contributed by atoms with Gasteiger partial charge in [-0.1, -0.05) is 0 Å². The number of tetrazole rings is 1. The van der Waals surface area contributed by atoms with Crippen molar-refractivity contribution in [1.82, 2.24) is 25.1 Å². The van der Waals surface area contributed by atoms with Gasteiger partial charge in [-0.3, -0.25) is 4.90 Å². The molecule has 0 aromatic carbocycles. The van der Waals surface area contributed by atoms with E-state index in [4.69, 9.17) is 0 Å². The van der Waals surface area contributed by atoms with Crippen LogP contribution < -0.4 is 0 Å². The molecule has 1 aliphatic rings. The van der Waals surface area contributed by atoms with Crippen LogP contribution in [0.2, 0.25) is 0 Å². The first-order valence-corrected chi connectivity index (χ1v) is 4.87. The highest BCUT2D eigenvalue weighted by Crippen LogP contribution is 2.10. The molecule has 1 fully saturated rings. The second kappa shape index (κ2) is 3.83. The number of hydrogen-bond donors (Lipinski definition) is 0. The summed E-state index contributed by atoms with van der Waals surface area (Å²) < 4.78 is 1.86. The quantitative estimate of drug-likeness (QED) is 0.672. The SMILES string of the molecule is CCn1nnnc1CN1CCCC1. The molecule has 1 aliphatic heterocycles. The van der Waals surface area contributed by atoms with Gasteiger partial charge in [0.25, 0.3) is 0 Å². The summed E-state index contributed by atoms with van der Waals surface area (Å²) in [7, 11) is 0. The molecule has 13 heavy (non-hydrogen) atoms. The van der Waals surface area contributed by atoms with Crippen LogP contribution >= 0.6 is 0 Å². The van der Waals surface area contributed by atoms with E-state index in [1.165, 1.54) is 25.9 Å². The van der Waals surface area contributed by atoms with E-state index in [0.29, 0.717) is 0 Å². The summed E-state index contributed by atoms with van der Waals surface area (Å²) in [4.78, 5) is 2.40. The molecule has 72 valence electrons. The Balaban J connectivity index is 1.99. The molecule has 0 bridgehead atoms. The molecule has 5 heteroatoms. The van der Waals surface area contributed by atoms with E-state index in [0.717, 1.165) is 18.9 Å². The van der Waals surface area contributed by atoms with Crippen LogP contribution in [-0.2, 0) is 13.1 Å². The Hall–Kier alpha value is -0.970. The fourth-order valence-electron chi connectivity index (χ4n) is 1.72. The summed E-state index contributed by atoms with van der Waals surface area (Å²) in [5.74, 6) is 0.990. The van der Waals surface area contributed by atoms with Gasteiger partial charge in [0.15, 0.2) is 5.82 Å². The first-order valence-electron chi connectivity index (χ1n) is 4.87. The van der Waals surface area contributed by atoms with Crippen LogP contribution in [0.25, 0.3) is 0 Å². The van der Waals surface area contributed by atoms with Crippen molar-refractivity contribution >= 4 is 0 Å². The van der Waals surface area contributed by atoms with Crippen LogP contribution in [0, 0.1) is 0 Å². The zero-order valence-electron chi connectivity index (χ0n) is 7.98. The number of aryl methyl sites for hydroxylation is 1. The van der Waals surface area contributed by atoms with Gasteiger partial charge in [0.1, 0.15) is 0 Å². The Labute approximate surface area is 77.7 Å². The highest BCUT2D eigenvalue weighted by atomic mass is 15.5. The predicted molar refractivity (Wildman–Crippen MR) is 48.0 cm³/mol. The van der Waals surface area contributed by atoms with Crippen molar-refractivity contribution < 1.29 is 0 Å². The van der Waals surface area contributed by atoms with Crippen LogP contribution in [0.15, 0.2) is 0 Å². The highest BCUT2D eigenvalue weighted by Gasteiger charge is 2.14. The minimum Gasteiger partial charge on any atom is -0.296 e. The van der Waals surface area contributed by atoms with E-state index < -0.39 is 0 Å². The Kier molecular flexibility index (Phi) is 2.54. The molecule has 1 aromatic rings. The number of aromatic nitrogens is 4. The Bertz CT molecular complexity index is 263. The van der Waals surface area contributed by atoms with Gasteiger partial charge >= 0.3 is 0 Å². The Morgan fingerprint density at radius 3 is 2.77 bits per heavy atom. The summed E-state index contributed by atoms with van der Waals surface area (Å²) in [5, 5.41) is 11.6. The van der Waals surface area contributed by atoms with Crippen LogP contribution in [0.5, 0.6) is 0 Å². The molecule has 1 saturated heterocycles. The van der Waals surface area contributed by atoms with Gasteiger partial charge in [0.2, 0.25) is 0 Å². The van der Waals surface area contributed by atoms with Crippen molar-refractivity contribution in [3.05, 3.63) is 5.82 Å². The van der Waals surface area contributed by atoms with E-state index in [9.17, 15) is 0 Å². The average Bonchev–Trinajstić information content (AvgIpc) is 2.76. The first kappa shape index (κ1) is 8.62. The molecule has 0 amide bonds. The van der Waals surface area contributed by atoms with Gasteiger partial charge < -0.3 is 0 Å². The lowest BCUT2D eigenvalue weighted by Gasteiger charge is -2.12. The van der Waals surface area contributed by atoms with E-state index >= 15 is 0 Å². The summed E-state index contributed by atoms with van der Waals surface area (Å²) in [6.07, 6.45) is 2.63. The molecule has 0 unspecified atom stereocenters. The average molecular weight is 181 g/mol. The number of likely N-dealkylation sites (tertiary alicyclic amines) is 1. The third-order valence-electron chi connectivity index (χ3n) is 2.47. The standard InChI is InChI=1S/C8H15N5/c1-2-13-8(9-10-11-13)7-12-5-3-4-6-12/h2-7H2,1H3. The summed E-state index contributed by atoms with van der Waals surface area (Å²) in [6, 6.07) is 0. The topological polar surface area (TPSA) is 46.8 Å². The molecule has 0 saturated carbocycles. The van der Waals surface area contributed by atoms with Crippen molar-refractivity contribution in [2.24, 2.45) is 0 Å². The van der Waals surface area contributed by atoms with E-state index in [1.807, 2.05) is 4.68 Å². The maximum absolute atomic E-state index is 4.01. The molecular weight excluding hydrogens is 166 g/mol. The third kappa shape index (κ3) is 1.85. The molecule has 2 rings (SSSR count). The van der Waals surface area contributed by atoms with E-state index in [-0.39, 0.29) is 0 Å². The smallest absolute Gasteiger partial charge is 0.165 e. The zero-order valence-corrected chi connectivity index (χ0v) is 7.98. The molecule has 0 aliphatic carbocycles. The summed E-state index contributed by atoms with van der Waals surface area (Å²) in [6.45, 7) is 6.20. The van der Waals surface area contributed by atoms with Gasteiger partial charge in [0, 0.05) is 6.54 Å². The third-order valence-corrected chi connectivity index (χ3v) is 2.47. The van der Waals surface area contributed by atoms with Crippen molar-refractivity contribution in [3.63, 3.8) is 0 Å².